The molecule has 7 nitrogen and oxygen atoms in total. The van der Waals surface area contributed by atoms with Crippen molar-refractivity contribution >= 4 is 34.0 Å². The number of aromatic carboxylic acids is 1. The van der Waals surface area contributed by atoms with Crippen LogP contribution in [0.25, 0.3) is 21.5 Å². The third kappa shape index (κ3) is 3.37. The first-order valence-electron chi connectivity index (χ1n) is 8.58. The topological polar surface area (TPSA) is 116 Å². The van der Waals surface area contributed by atoms with Crippen molar-refractivity contribution in [3.05, 3.63) is 76.7 Å². The Bertz CT molecular complexity index is 1360. The standard InChI is InChI=1S/C20H13F2N5O2S/c21-20(22,12-3-4-13-11(10-12)2-1-9-25-13)19(24)27-17(23)8-5-14(26-27)15-6-7-16(30-15)18(28)29/h1-10,23-24H,(H,28,29). The van der Waals surface area contributed by atoms with Crippen LogP contribution in [0.1, 0.15) is 15.2 Å². The summed E-state index contributed by atoms with van der Waals surface area (Å²) in [6.45, 7) is 0. The van der Waals surface area contributed by atoms with Crippen molar-refractivity contribution in [3.8, 4) is 10.6 Å². The number of alkyl halides is 2. The van der Waals surface area contributed by atoms with E-state index in [-0.39, 0.29) is 10.6 Å². The zero-order chi connectivity index (χ0) is 21.5. The molecular weight excluding hydrogens is 412 g/mol. The Morgan fingerprint density at radius 3 is 2.67 bits per heavy atom. The second kappa shape index (κ2) is 7.23. The van der Waals surface area contributed by atoms with Gasteiger partial charge in [-0.1, -0.05) is 12.1 Å². The summed E-state index contributed by atoms with van der Waals surface area (Å²) in [5.41, 5.74) is -0.0893. The summed E-state index contributed by atoms with van der Waals surface area (Å²) in [4.78, 5) is 15.7. The molecule has 0 unspecified atom stereocenters. The highest BCUT2D eigenvalue weighted by Gasteiger charge is 2.39. The summed E-state index contributed by atoms with van der Waals surface area (Å²) in [6.07, 6.45) is 1.56. The summed E-state index contributed by atoms with van der Waals surface area (Å²) in [5, 5.41) is 29.6. The summed E-state index contributed by atoms with van der Waals surface area (Å²) in [5.74, 6) is -6.02. The Morgan fingerprint density at radius 1 is 1.13 bits per heavy atom. The van der Waals surface area contributed by atoms with Crippen molar-refractivity contribution in [2.75, 3.05) is 0 Å². The normalized spacial score (nSPS) is 11.5. The van der Waals surface area contributed by atoms with Crippen LogP contribution < -0.4 is 5.49 Å². The van der Waals surface area contributed by atoms with Gasteiger partial charge in [0, 0.05) is 17.1 Å². The molecule has 3 heterocycles. The molecule has 0 spiro atoms. The molecule has 4 rings (SSSR count). The van der Waals surface area contributed by atoms with Gasteiger partial charge in [0.15, 0.2) is 5.84 Å². The minimum Gasteiger partial charge on any atom is -0.477 e. The van der Waals surface area contributed by atoms with E-state index in [2.05, 4.69) is 10.1 Å². The van der Waals surface area contributed by atoms with Crippen LogP contribution in [-0.4, -0.2) is 31.7 Å². The zero-order valence-corrected chi connectivity index (χ0v) is 16.0. The van der Waals surface area contributed by atoms with Gasteiger partial charge in [-0.3, -0.25) is 15.8 Å². The maximum absolute atomic E-state index is 15.1. The number of carboxylic acid groups (broad SMARTS) is 1. The average molecular weight is 425 g/mol. The molecule has 0 saturated heterocycles. The van der Waals surface area contributed by atoms with Crippen molar-refractivity contribution in [2.24, 2.45) is 0 Å². The molecule has 0 fully saturated rings. The van der Waals surface area contributed by atoms with E-state index < -0.39 is 28.8 Å². The number of nitrogens with zero attached hydrogens (tertiary/aromatic N) is 3. The number of benzene rings is 1. The molecule has 0 amide bonds. The molecule has 30 heavy (non-hydrogen) atoms. The molecule has 0 aliphatic heterocycles. The number of halogens is 2. The number of thiophene rings is 1. The number of rotatable bonds is 4. The number of aromatic nitrogens is 3. The second-order valence-electron chi connectivity index (χ2n) is 6.32. The van der Waals surface area contributed by atoms with Gasteiger partial charge in [0.25, 0.3) is 0 Å². The Labute approximate surface area is 171 Å². The van der Waals surface area contributed by atoms with E-state index in [1.54, 1.807) is 18.3 Å². The Hall–Kier alpha value is -3.79. The van der Waals surface area contributed by atoms with Crippen LogP contribution in [0.3, 0.4) is 0 Å². The maximum atomic E-state index is 15.1. The minimum absolute atomic E-state index is 0.0680. The van der Waals surface area contributed by atoms with Gasteiger partial charge in [-0.25, -0.2) is 4.79 Å². The molecule has 0 aliphatic rings. The Balaban J connectivity index is 1.75. The second-order valence-corrected chi connectivity index (χ2v) is 7.40. The van der Waals surface area contributed by atoms with Crippen molar-refractivity contribution in [3.63, 3.8) is 0 Å². The van der Waals surface area contributed by atoms with Crippen LogP contribution in [0.4, 0.5) is 8.78 Å². The number of pyridine rings is 1. The maximum Gasteiger partial charge on any atom is 0.345 e. The molecule has 3 aromatic heterocycles. The van der Waals surface area contributed by atoms with Crippen molar-refractivity contribution < 1.29 is 18.7 Å². The van der Waals surface area contributed by atoms with E-state index in [0.717, 1.165) is 11.3 Å². The minimum atomic E-state index is -3.72. The molecule has 0 atom stereocenters. The molecule has 4 aromatic rings. The van der Waals surface area contributed by atoms with Crippen LogP contribution in [0.5, 0.6) is 0 Å². The number of carboxylic acids is 1. The van der Waals surface area contributed by atoms with Crippen LogP contribution in [-0.2, 0) is 5.92 Å². The third-order valence-electron chi connectivity index (χ3n) is 4.38. The molecule has 0 saturated carbocycles. The molecule has 150 valence electrons. The average Bonchev–Trinajstić information content (AvgIpc) is 3.24. The lowest BCUT2D eigenvalue weighted by Gasteiger charge is -2.19. The first kappa shape index (κ1) is 19.5. The molecule has 10 heteroatoms. The van der Waals surface area contributed by atoms with Gasteiger partial charge in [-0.15, -0.1) is 11.3 Å². The van der Waals surface area contributed by atoms with E-state index in [1.165, 1.54) is 42.5 Å². The Kier molecular flexibility index (Phi) is 4.70. The first-order chi connectivity index (χ1) is 14.3. The quantitative estimate of drug-likeness (QED) is 0.339. The van der Waals surface area contributed by atoms with Crippen molar-refractivity contribution in [1.29, 1.82) is 10.8 Å². The molecule has 3 N–H and O–H groups in total. The van der Waals surface area contributed by atoms with E-state index >= 15 is 8.78 Å². The number of hydrogen-bond acceptors (Lipinski definition) is 6. The lowest BCUT2D eigenvalue weighted by molar-refractivity contribution is 0.0692. The fourth-order valence-corrected chi connectivity index (χ4v) is 3.67. The van der Waals surface area contributed by atoms with E-state index in [1.807, 2.05) is 0 Å². The number of carbonyl (C=O) groups is 1. The van der Waals surface area contributed by atoms with E-state index in [9.17, 15) is 4.79 Å². The highest BCUT2D eigenvalue weighted by Crippen LogP contribution is 2.32. The highest BCUT2D eigenvalue weighted by atomic mass is 32.1. The fourth-order valence-electron chi connectivity index (χ4n) is 2.86. The van der Waals surface area contributed by atoms with Gasteiger partial charge in [-0.05, 0) is 42.5 Å². The van der Waals surface area contributed by atoms with Gasteiger partial charge in [0.2, 0.25) is 0 Å². The van der Waals surface area contributed by atoms with Gasteiger partial charge in [0.05, 0.1) is 10.4 Å². The molecular formula is C20H13F2N5O2S. The number of fused-ring (bicyclic) bond motifs is 1. The Morgan fingerprint density at radius 2 is 1.93 bits per heavy atom. The van der Waals surface area contributed by atoms with Gasteiger partial charge in [0.1, 0.15) is 16.1 Å². The molecule has 0 bridgehead atoms. The predicted molar refractivity (Wildman–Crippen MR) is 107 cm³/mol. The van der Waals surface area contributed by atoms with Crippen molar-refractivity contribution in [2.45, 2.75) is 5.92 Å². The fraction of sp³-hybridized carbons (Fsp3) is 0.0500. The smallest absolute Gasteiger partial charge is 0.345 e. The lowest BCUT2D eigenvalue weighted by Crippen LogP contribution is -2.39. The van der Waals surface area contributed by atoms with E-state index in [4.69, 9.17) is 15.9 Å². The van der Waals surface area contributed by atoms with Crippen LogP contribution in [0.15, 0.2) is 60.8 Å². The van der Waals surface area contributed by atoms with E-state index in [0.29, 0.717) is 20.5 Å². The SMILES string of the molecule is N=C(n1nc(-c2ccc(C(=O)O)s2)ccc1=N)C(F)(F)c1ccc2ncccc2c1. The molecule has 0 radical (unpaired) electrons. The summed E-state index contributed by atoms with van der Waals surface area (Å²) < 4.78 is 30.8. The van der Waals surface area contributed by atoms with Crippen LogP contribution in [0.2, 0.25) is 0 Å². The van der Waals surface area contributed by atoms with Gasteiger partial charge < -0.3 is 5.11 Å². The van der Waals surface area contributed by atoms with Gasteiger partial charge >= 0.3 is 11.9 Å². The van der Waals surface area contributed by atoms with Gasteiger partial charge in [-0.2, -0.15) is 18.6 Å². The lowest BCUT2D eigenvalue weighted by atomic mass is 10.0. The van der Waals surface area contributed by atoms with Crippen LogP contribution >= 0.6 is 11.3 Å². The predicted octanol–water partition coefficient (Wildman–Crippen LogP) is 3.95. The number of hydrogen-bond donors (Lipinski definition) is 3. The van der Waals surface area contributed by atoms with Crippen molar-refractivity contribution in [1.82, 2.24) is 14.8 Å². The monoisotopic (exact) mass is 425 g/mol. The highest BCUT2D eigenvalue weighted by molar-refractivity contribution is 7.17. The zero-order valence-electron chi connectivity index (χ0n) is 15.1. The first-order valence-corrected chi connectivity index (χ1v) is 9.40. The summed E-state index contributed by atoms with van der Waals surface area (Å²) in [6, 6.07) is 12.7. The third-order valence-corrected chi connectivity index (χ3v) is 5.47. The largest absolute Gasteiger partial charge is 0.477 e. The molecule has 0 aliphatic carbocycles. The summed E-state index contributed by atoms with van der Waals surface area (Å²) >= 11 is 0.924. The number of nitrogens with one attached hydrogen (secondary N) is 2. The summed E-state index contributed by atoms with van der Waals surface area (Å²) in [7, 11) is 0. The van der Waals surface area contributed by atoms with Crippen LogP contribution in [0, 0.1) is 10.8 Å². The molecule has 1 aromatic carbocycles.